The third kappa shape index (κ3) is 2.75. The number of benzene rings is 1. The second-order valence-electron chi connectivity index (χ2n) is 5.57. The highest BCUT2D eigenvalue weighted by molar-refractivity contribution is 5.81. The Hall–Kier alpha value is -2.89. The zero-order valence-electron chi connectivity index (χ0n) is 12.5. The van der Waals surface area contributed by atoms with Crippen LogP contribution >= 0.6 is 0 Å². The van der Waals surface area contributed by atoms with E-state index in [0.717, 1.165) is 11.0 Å². The molecule has 1 aliphatic heterocycles. The van der Waals surface area contributed by atoms with Crippen LogP contribution in [0, 0.1) is 0 Å². The Morgan fingerprint density at radius 3 is 2.78 bits per heavy atom. The van der Waals surface area contributed by atoms with Crippen LogP contribution in [0.3, 0.4) is 0 Å². The predicted molar refractivity (Wildman–Crippen MR) is 85.0 cm³/mol. The van der Waals surface area contributed by atoms with Gasteiger partial charge in [-0.05, 0) is 18.2 Å². The summed E-state index contributed by atoms with van der Waals surface area (Å²) in [6.07, 6.45) is 3.43. The molecule has 6 nitrogen and oxygen atoms in total. The Morgan fingerprint density at radius 1 is 1.13 bits per heavy atom. The van der Waals surface area contributed by atoms with Gasteiger partial charge >= 0.3 is 0 Å². The molecule has 6 heteroatoms. The Balaban J connectivity index is 1.35. The molecule has 0 bridgehead atoms. The molecule has 1 fully saturated rings. The number of amides is 1. The summed E-state index contributed by atoms with van der Waals surface area (Å²) in [6, 6.07) is 13.4. The van der Waals surface area contributed by atoms with Crippen LogP contribution in [0.1, 0.15) is 0 Å². The highest BCUT2D eigenvalue weighted by atomic mass is 16.5. The van der Waals surface area contributed by atoms with Crippen molar-refractivity contribution in [1.82, 2.24) is 19.4 Å². The summed E-state index contributed by atoms with van der Waals surface area (Å²) in [6.45, 7) is 1.50. The zero-order chi connectivity index (χ0) is 15.6. The van der Waals surface area contributed by atoms with Crippen molar-refractivity contribution in [2.45, 2.75) is 12.6 Å². The van der Waals surface area contributed by atoms with Crippen LogP contribution in [0.2, 0.25) is 0 Å². The molecule has 1 saturated heterocycles. The van der Waals surface area contributed by atoms with E-state index in [9.17, 15) is 4.79 Å². The number of carbonyl (C=O) groups is 1. The van der Waals surface area contributed by atoms with Gasteiger partial charge in [-0.15, -0.1) is 0 Å². The summed E-state index contributed by atoms with van der Waals surface area (Å²) < 4.78 is 7.59. The van der Waals surface area contributed by atoms with Gasteiger partial charge in [0.25, 0.3) is 0 Å². The summed E-state index contributed by atoms with van der Waals surface area (Å²) in [5, 5.41) is 0. The second kappa shape index (κ2) is 5.72. The van der Waals surface area contributed by atoms with E-state index in [4.69, 9.17) is 4.74 Å². The molecule has 0 radical (unpaired) electrons. The fourth-order valence-electron chi connectivity index (χ4n) is 2.69. The number of likely N-dealkylation sites (tertiary alicyclic amines) is 1. The average Bonchev–Trinajstić information content (AvgIpc) is 2.94. The lowest BCUT2D eigenvalue weighted by atomic mass is 10.1. The second-order valence-corrected chi connectivity index (χ2v) is 5.57. The Morgan fingerprint density at radius 2 is 1.96 bits per heavy atom. The van der Waals surface area contributed by atoms with E-state index in [1.165, 1.54) is 0 Å². The van der Waals surface area contributed by atoms with Gasteiger partial charge in [-0.2, -0.15) is 0 Å². The third-order valence-corrected chi connectivity index (χ3v) is 3.96. The topological polar surface area (TPSA) is 60.2 Å². The highest BCUT2D eigenvalue weighted by Gasteiger charge is 2.32. The number of para-hydroxylation sites is 2. The number of imidazole rings is 1. The van der Waals surface area contributed by atoms with Crippen LogP contribution in [-0.4, -0.2) is 44.5 Å². The quantitative estimate of drug-likeness (QED) is 0.736. The SMILES string of the molecule is O=C(Cn1cnc2ccccc21)N1CC(Oc2ccccn2)C1. The van der Waals surface area contributed by atoms with Gasteiger partial charge in [0.2, 0.25) is 11.8 Å². The van der Waals surface area contributed by atoms with Crippen molar-refractivity contribution < 1.29 is 9.53 Å². The molecular weight excluding hydrogens is 292 g/mol. The molecule has 3 heterocycles. The van der Waals surface area contributed by atoms with Crippen LogP contribution in [0.15, 0.2) is 55.0 Å². The lowest BCUT2D eigenvalue weighted by molar-refractivity contribution is -0.140. The van der Waals surface area contributed by atoms with Crippen molar-refractivity contribution in [3.8, 4) is 5.88 Å². The van der Waals surface area contributed by atoms with E-state index in [-0.39, 0.29) is 12.0 Å². The molecular formula is C17H16N4O2. The van der Waals surface area contributed by atoms with Gasteiger partial charge < -0.3 is 14.2 Å². The van der Waals surface area contributed by atoms with Gasteiger partial charge in [0.15, 0.2) is 0 Å². The van der Waals surface area contributed by atoms with E-state index in [0.29, 0.717) is 25.5 Å². The number of aromatic nitrogens is 3. The minimum Gasteiger partial charge on any atom is -0.471 e. The first-order chi connectivity index (χ1) is 11.3. The fraction of sp³-hybridized carbons (Fsp3) is 0.235. The normalized spacial score (nSPS) is 14.7. The highest BCUT2D eigenvalue weighted by Crippen LogP contribution is 2.17. The standard InChI is InChI=1S/C17H16N4O2/c22-17(11-21-12-19-14-5-1-2-6-15(14)21)20-9-13(10-20)23-16-7-3-4-8-18-16/h1-8,12-13H,9-11H2. The van der Waals surface area contributed by atoms with Crippen LogP contribution in [0.4, 0.5) is 0 Å². The van der Waals surface area contributed by atoms with Gasteiger partial charge in [0, 0.05) is 12.3 Å². The number of hydrogen-bond acceptors (Lipinski definition) is 4. The summed E-state index contributed by atoms with van der Waals surface area (Å²) >= 11 is 0. The maximum Gasteiger partial charge on any atom is 0.242 e. The van der Waals surface area contributed by atoms with Gasteiger partial charge in [-0.1, -0.05) is 18.2 Å². The molecule has 2 aromatic heterocycles. The molecule has 1 aromatic carbocycles. The fourth-order valence-corrected chi connectivity index (χ4v) is 2.69. The number of nitrogens with zero attached hydrogens (tertiary/aromatic N) is 4. The van der Waals surface area contributed by atoms with E-state index in [2.05, 4.69) is 9.97 Å². The Bertz CT molecular complexity index is 825. The lowest BCUT2D eigenvalue weighted by Gasteiger charge is -2.38. The first-order valence-electron chi connectivity index (χ1n) is 7.55. The minimum absolute atomic E-state index is 0.0216. The lowest BCUT2D eigenvalue weighted by Crippen LogP contribution is -2.56. The van der Waals surface area contributed by atoms with Crippen molar-refractivity contribution in [2.24, 2.45) is 0 Å². The predicted octanol–water partition coefficient (Wildman–Crippen LogP) is 1.72. The van der Waals surface area contributed by atoms with E-state index in [1.54, 1.807) is 17.4 Å². The van der Waals surface area contributed by atoms with Crippen molar-refractivity contribution >= 4 is 16.9 Å². The molecule has 0 atom stereocenters. The van der Waals surface area contributed by atoms with Crippen molar-refractivity contribution in [1.29, 1.82) is 0 Å². The summed E-state index contributed by atoms with van der Waals surface area (Å²) in [7, 11) is 0. The minimum atomic E-state index is 0.0216. The van der Waals surface area contributed by atoms with Gasteiger partial charge in [-0.3, -0.25) is 4.79 Å². The number of hydrogen-bond donors (Lipinski definition) is 0. The molecule has 0 aliphatic carbocycles. The summed E-state index contributed by atoms with van der Waals surface area (Å²) in [4.78, 5) is 22.6. The van der Waals surface area contributed by atoms with Crippen LogP contribution in [0.25, 0.3) is 11.0 Å². The molecule has 0 N–H and O–H groups in total. The van der Waals surface area contributed by atoms with Crippen molar-refractivity contribution in [3.63, 3.8) is 0 Å². The molecule has 0 saturated carbocycles. The number of rotatable bonds is 4. The van der Waals surface area contributed by atoms with Crippen LogP contribution < -0.4 is 4.74 Å². The molecule has 3 aromatic rings. The van der Waals surface area contributed by atoms with Gasteiger partial charge in [0.05, 0.1) is 30.5 Å². The molecule has 116 valence electrons. The number of ether oxygens (including phenoxy) is 1. The number of pyridine rings is 1. The van der Waals surface area contributed by atoms with Crippen molar-refractivity contribution in [2.75, 3.05) is 13.1 Å². The zero-order valence-corrected chi connectivity index (χ0v) is 12.5. The molecule has 4 rings (SSSR count). The summed E-state index contributed by atoms with van der Waals surface area (Å²) in [5.74, 6) is 0.680. The van der Waals surface area contributed by atoms with E-state index >= 15 is 0 Å². The number of carbonyl (C=O) groups excluding carboxylic acids is 1. The number of fused-ring (bicyclic) bond motifs is 1. The van der Waals surface area contributed by atoms with E-state index < -0.39 is 0 Å². The van der Waals surface area contributed by atoms with Crippen LogP contribution in [0.5, 0.6) is 5.88 Å². The van der Waals surface area contributed by atoms with Crippen LogP contribution in [-0.2, 0) is 11.3 Å². The third-order valence-electron chi connectivity index (χ3n) is 3.96. The molecule has 1 amide bonds. The maximum atomic E-state index is 12.3. The first kappa shape index (κ1) is 13.8. The average molecular weight is 308 g/mol. The molecule has 0 spiro atoms. The largest absolute Gasteiger partial charge is 0.471 e. The Kier molecular flexibility index (Phi) is 3.42. The smallest absolute Gasteiger partial charge is 0.242 e. The van der Waals surface area contributed by atoms with E-state index in [1.807, 2.05) is 47.0 Å². The van der Waals surface area contributed by atoms with Gasteiger partial charge in [0.1, 0.15) is 12.6 Å². The molecule has 1 aliphatic rings. The monoisotopic (exact) mass is 308 g/mol. The Labute approximate surface area is 133 Å². The van der Waals surface area contributed by atoms with Gasteiger partial charge in [-0.25, -0.2) is 9.97 Å². The first-order valence-corrected chi connectivity index (χ1v) is 7.55. The summed E-state index contributed by atoms with van der Waals surface area (Å²) in [5.41, 5.74) is 1.88. The van der Waals surface area contributed by atoms with Crippen molar-refractivity contribution in [3.05, 3.63) is 55.0 Å². The molecule has 23 heavy (non-hydrogen) atoms. The molecule has 0 unspecified atom stereocenters. The maximum absolute atomic E-state index is 12.3.